The largest absolute Gasteiger partial charge is 2.00 e. The Labute approximate surface area is 177 Å². The quantitative estimate of drug-likeness (QED) is 0.368. The van der Waals surface area contributed by atoms with Crippen LogP contribution in [0.3, 0.4) is 0 Å². The molecule has 1 aliphatic rings. The Morgan fingerprint density at radius 3 is 2.04 bits per heavy atom. The Morgan fingerprint density at radius 1 is 0.615 bits per heavy atom. The normalized spacial score (nSPS) is 11.8. The van der Waals surface area contributed by atoms with Crippen LogP contribution in [0.25, 0.3) is 21.5 Å². The fourth-order valence-corrected chi connectivity index (χ4v) is 3.57. The van der Waals surface area contributed by atoms with E-state index in [-0.39, 0.29) is 42.2 Å². The number of halogens is 2. The van der Waals surface area contributed by atoms with E-state index in [9.17, 15) is 0 Å². The second-order valence-electron chi connectivity index (χ2n) is 6.09. The van der Waals surface area contributed by atoms with Gasteiger partial charge in [0.05, 0.1) is 12.5 Å². The maximum absolute atomic E-state index is 4.58. The zero-order chi connectivity index (χ0) is 15.5. The van der Waals surface area contributed by atoms with Crippen molar-refractivity contribution in [1.29, 1.82) is 0 Å². The molecule has 0 aliphatic heterocycles. The van der Waals surface area contributed by atoms with Crippen molar-refractivity contribution in [2.45, 2.75) is 25.7 Å². The summed E-state index contributed by atoms with van der Waals surface area (Å²) in [6.45, 7) is 0. The van der Waals surface area contributed by atoms with Crippen LogP contribution in [0.1, 0.15) is 24.0 Å². The summed E-state index contributed by atoms with van der Waals surface area (Å²) in [7, 11) is 0. The van der Waals surface area contributed by atoms with Gasteiger partial charge in [0, 0.05) is 0 Å². The zero-order valence-corrected chi connectivity index (χ0v) is 17.1. The summed E-state index contributed by atoms with van der Waals surface area (Å²) in [4.78, 5) is 0. The van der Waals surface area contributed by atoms with Crippen LogP contribution < -0.4 is 24.8 Å². The molecule has 1 nitrogen and oxygen atoms in total. The molecule has 134 valence electrons. The molecule has 3 aromatic carbocycles. The smallest absolute Gasteiger partial charge is 1.00 e. The molecule has 1 aliphatic carbocycles. The minimum atomic E-state index is 0. The van der Waals surface area contributed by atoms with Crippen LogP contribution in [-0.2, 0) is 30.2 Å². The third-order valence-corrected chi connectivity index (χ3v) is 4.68. The van der Waals surface area contributed by atoms with Crippen molar-refractivity contribution >= 4 is 21.5 Å². The Kier molecular flexibility index (Phi) is 9.27. The van der Waals surface area contributed by atoms with Crippen LogP contribution in [0.5, 0.6) is 0 Å². The first kappa shape index (κ1) is 22.6. The Morgan fingerprint density at radius 2 is 1.31 bits per heavy atom. The summed E-state index contributed by atoms with van der Waals surface area (Å²) in [6.07, 6.45) is 8.47. The van der Waals surface area contributed by atoms with Gasteiger partial charge in [0.1, 0.15) is 0 Å². The van der Waals surface area contributed by atoms with Gasteiger partial charge in [-0.1, -0.05) is 48.5 Å². The molecule has 0 atom stereocenters. The molecule has 0 saturated heterocycles. The second kappa shape index (κ2) is 10.7. The van der Waals surface area contributed by atoms with E-state index >= 15 is 0 Å². The Hall–Kier alpha value is -1.43. The number of hydrogen-bond donors (Lipinski definition) is 0. The van der Waals surface area contributed by atoms with Crippen molar-refractivity contribution < 1.29 is 46.6 Å². The average molecular weight is 423 g/mol. The molecular formula is C22H20Cl2CrO. The van der Waals surface area contributed by atoms with Crippen LogP contribution in [0.2, 0.25) is 0 Å². The Balaban J connectivity index is 0.000000372. The molecule has 1 aromatic heterocycles. The third kappa shape index (κ3) is 4.64. The average Bonchev–Trinajstić information content (AvgIpc) is 3.21. The number of fused-ring (bicyclic) bond motifs is 5. The van der Waals surface area contributed by atoms with E-state index in [1.807, 2.05) is 12.1 Å². The van der Waals surface area contributed by atoms with Crippen LogP contribution >= 0.6 is 0 Å². The first-order chi connectivity index (χ1) is 11.4. The van der Waals surface area contributed by atoms with Crippen molar-refractivity contribution in [2.24, 2.45) is 0 Å². The standard InChI is InChI=1S/C18H16.C4H4O.2ClH.Cr/c1-3-7-15-13(5-1)9-11-18-16-8-4-2-6-14(16)10-12-17(15)18;1-2-4-5-3-1;;;/h1,3,5,7,9-12H,2,4,6,8H2;1-4H;2*1H;/q;;;;+2/p-2. The van der Waals surface area contributed by atoms with Gasteiger partial charge in [-0.25, -0.2) is 0 Å². The fraction of sp³-hybridized carbons (Fsp3) is 0.182. The molecule has 0 unspecified atom stereocenters. The molecular weight excluding hydrogens is 403 g/mol. The van der Waals surface area contributed by atoms with Crippen LogP contribution in [-0.4, -0.2) is 0 Å². The number of aryl methyl sites for hydroxylation is 2. The number of hydrogen-bond acceptors (Lipinski definition) is 1. The third-order valence-electron chi connectivity index (χ3n) is 4.68. The van der Waals surface area contributed by atoms with E-state index in [0.717, 1.165) is 0 Å². The molecule has 0 saturated carbocycles. The Bertz CT molecular complexity index is 918. The maximum atomic E-state index is 4.58. The van der Waals surface area contributed by atoms with Gasteiger partial charge in [-0.2, -0.15) is 0 Å². The summed E-state index contributed by atoms with van der Waals surface area (Å²) in [6, 6.07) is 21.6. The summed E-state index contributed by atoms with van der Waals surface area (Å²) in [5.74, 6) is 0. The predicted octanol–water partition coefficient (Wildman–Crippen LogP) is 0.157. The topological polar surface area (TPSA) is 13.1 Å². The van der Waals surface area contributed by atoms with Crippen LogP contribution in [0.4, 0.5) is 0 Å². The van der Waals surface area contributed by atoms with Crippen molar-refractivity contribution in [2.75, 3.05) is 0 Å². The minimum Gasteiger partial charge on any atom is -1.00 e. The number of rotatable bonds is 0. The molecule has 0 amide bonds. The summed E-state index contributed by atoms with van der Waals surface area (Å²) in [5, 5.41) is 5.64. The van der Waals surface area contributed by atoms with E-state index in [2.05, 4.69) is 52.9 Å². The molecule has 4 heteroatoms. The maximum Gasteiger partial charge on any atom is 2.00 e. The van der Waals surface area contributed by atoms with E-state index in [4.69, 9.17) is 0 Å². The van der Waals surface area contributed by atoms with Gasteiger partial charge in [-0.05, 0) is 70.5 Å². The molecule has 4 aromatic rings. The summed E-state index contributed by atoms with van der Waals surface area (Å²) >= 11 is 0. The molecule has 1 heterocycles. The van der Waals surface area contributed by atoms with Gasteiger partial charge in [0.25, 0.3) is 0 Å². The van der Waals surface area contributed by atoms with Crippen molar-refractivity contribution in [3.8, 4) is 0 Å². The molecule has 0 N–H and O–H groups in total. The molecule has 26 heavy (non-hydrogen) atoms. The summed E-state index contributed by atoms with van der Waals surface area (Å²) < 4.78 is 4.58. The van der Waals surface area contributed by atoms with E-state index in [0.29, 0.717) is 0 Å². The molecule has 0 bridgehead atoms. The fourth-order valence-electron chi connectivity index (χ4n) is 3.57. The SMILES string of the molecule is [Cl-].[Cl-].[Cr+2].c1ccc2c(c1)ccc1c3c(ccc12)CCCC3.c1ccoc1. The van der Waals surface area contributed by atoms with Gasteiger partial charge in [0.15, 0.2) is 0 Å². The van der Waals surface area contributed by atoms with Crippen molar-refractivity contribution in [3.05, 3.63) is 84.3 Å². The van der Waals surface area contributed by atoms with Gasteiger partial charge in [0.2, 0.25) is 0 Å². The first-order valence-electron chi connectivity index (χ1n) is 8.33. The zero-order valence-electron chi connectivity index (χ0n) is 14.3. The molecule has 0 radical (unpaired) electrons. The van der Waals surface area contributed by atoms with Gasteiger partial charge in [-0.3, -0.25) is 0 Å². The number of furan rings is 1. The predicted molar refractivity (Wildman–Crippen MR) is 96.8 cm³/mol. The van der Waals surface area contributed by atoms with E-state index in [1.54, 1.807) is 23.7 Å². The minimum absolute atomic E-state index is 0. The van der Waals surface area contributed by atoms with Gasteiger partial charge >= 0.3 is 17.4 Å². The van der Waals surface area contributed by atoms with Crippen molar-refractivity contribution in [3.63, 3.8) is 0 Å². The second-order valence-corrected chi connectivity index (χ2v) is 6.09. The van der Waals surface area contributed by atoms with Crippen LogP contribution in [0, 0.1) is 0 Å². The molecule has 0 spiro atoms. The molecule has 5 rings (SSSR count). The van der Waals surface area contributed by atoms with Crippen molar-refractivity contribution in [1.82, 2.24) is 0 Å². The molecule has 0 fully saturated rings. The van der Waals surface area contributed by atoms with Gasteiger partial charge < -0.3 is 29.2 Å². The summed E-state index contributed by atoms with van der Waals surface area (Å²) in [5.41, 5.74) is 3.17. The van der Waals surface area contributed by atoms with Crippen LogP contribution in [0.15, 0.2) is 77.6 Å². The number of benzene rings is 3. The van der Waals surface area contributed by atoms with E-state index < -0.39 is 0 Å². The first-order valence-corrected chi connectivity index (χ1v) is 8.33. The van der Waals surface area contributed by atoms with Gasteiger partial charge in [-0.15, -0.1) is 0 Å². The monoisotopic (exact) mass is 422 g/mol. The van der Waals surface area contributed by atoms with E-state index in [1.165, 1.54) is 47.2 Å².